The molecule has 0 unspecified atom stereocenters. The molecular formula is C34H37F3N6O4. The Morgan fingerprint density at radius 1 is 1.11 bits per heavy atom. The van der Waals surface area contributed by atoms with E-state index in [-0.39, 0.29) is 18.4 Å². The number of ether oxygens (including phenoxy) is 3. The Morgan fingerprint density at radius 2 is 1.89 bits per heavy atom. The molecule has 248 valence electrons. The van der Waals surface area contributed by atoms with Crippen LogP contribution in [0.25, 0.3) is 10.9 Å². The number of fused-ring (bicyclic) bond motifs is 1. The number of hydrogen-bond donors (Lipinski definition) is 3. The molecular weight excluding hydrogens is 613 g/mol. The number of piperazine rings is 1. The third-order valence-corrected chi connectivity index (χ3v) is 8.12. The van der Waals surface area contributed by atoms with Gasteiger partial charge in [0.2, 0.25) is 0 Å². The van der Waals surface area contributed by atoms with Gasteiger partial charge in [0.05, 0.1) is 36.0 Å². The van der Waals surface area contributed by atoms with Crippen LogP contribution in [0, 0.1) is 6.92 Å². The molecule has 2 atom stereocenters. The van der Waals surface area contributed by atoms with Gasteiger partial charge in [0.25, 0.3) is 0 Å². The zero-order valence-electron chi connectivity index (χ0n) is 26.2. The van der Waals surface area contributed by atoms with Crippen molar-refractivity contribution in [3.8, 4) is 5.75 Å². The fourth-order valence-corrected chi connectivity index (χ4v) is 5.71. The summed E-state index contributed by atoms with van der Waals surface area (Å²) in [6.45, 7) is 7.91. The lowest BCUT2D eigenvalue weighted by Crippen LogP contribution is -2.43. The lowest BCUT2D eigenvalue weighted by atomic mass is 10.0. The number of alkyl halides is 3. The minimum absolute atomic E-state index is 0.0214. The van der Waals surface area contributed by atoms with Crippen LogP contribution in [-0.2, 0) is 22.3 Å². The van der Waals surface area contributed by atoms with Gasteiger partial charge in [-0.2, -0.15) is 13.2 Å². The lowest BCUT2D eigenvalue weighted by Gasteiger charge is -2.31. The van der Waals surface area contributed by atoms with Crippen molar-refractivity contribution in [1.29, 1.82) is 0 Å². The second kappa shape index (κ2) is 14.0. The minimum Gasteiger partial charge on any atom is -0.486 e. The van der Waals surface area contributed by atoms with Gasteiger partial charge in [0.15, 0.2) is 0 Å². The normalized spacial score (nSPS) is 17.4. The van der Waals surface area contributed by atoms with Gasteiger partial charge in [-0.1, -0.05) is 30.3 Å². The number of amides is 1. The van der Waals surface area contributed by atoms with Gasteiger partial charge in [0.1, 0.15) is 30.1 Å². The highest BCUT2D eigenvalue weighted by atomic mass is 19.4. The third-order valence-electron chi connectivity index (χ3n) is 8.12. The standard InChI is InChI=1S/C34H37F3N6O4/c1-21(24-14-25(34(35,36)37)16-26(15-24)42-33(44)46-19-23-6-4-3-5-7-23)39-32-28-17-31(47-27-8-13-45-20-27)30(43-11-9-38-10-12-43)18-29(28)40-22(2)41-32/h3-7,14-18,21,27,38H,8-13,19-20H2,1-2H3,(H,42,44)(H,39,40,41)/t21-,27+/m1/s1. The summed E-state index contributed by atoms with van der Waals surface area (Å²) < 4.78 is 59.2. The minimum atomic E-state index is -4.64. The maximum Gasteiger partial charge on any atom is 0.416 e. The number of nitrogens with one attached hydrogen (secondary N) is 3. The SMILES string of the molecule is Cc1nc(N[C@H](C)c2cc(NC(=O)OCc3ccccc3)cc(C(F)(F)F)c2)c2cc(O[C@H]3CCOC3)c(N3CCNCC3)cc2n1. The van der Waals surface area contributed by atoms with Crippen molar-refractivity contribution in [2.45, 2.75) is 45.2 Å². The summed E-state index contributed by atoms with van der Waals surface area (Å²) in [7, 11) is 0. The van der Waals surface area contributed by atoms with Crippen LogP contribution in [0.5, 0.6) is 5.75 Å². The van der Waals surface area contributed by atoms with Crippen LogP contribution in [0.1, 0.15) is 41.9 Å². The largest absolute Gasteiger partial charge is 0.486 e. The molecule has 10 nitrogen and oxygen atoms in total. The zero-order valence-corrected chi connectivity index (χ0v) is 26.2. The molecule has 0 radical (unpaired) electrons. The Morgan fingerprint density at radius 3 is 2.62 bits per heavy atom. The second-order valence-corrected chi connectivity index (χ2v) is 11.7. The Labute approximate surface area is 270 Å². The summed E-state index contributed by atoms with van der Waals surface area (Å²) in [5, 5.41) is 9.80. The molecule has 0 aliphatic carbocycles. The van der Waals surface area contributed by atoms with Crippen molar-refractivity contribution in [2.75, 3.05) is 54.9 Å². The van der Waals surface area contributed by atoms with Crippen LogP contribution in [0.2, 0.25) is 0 Å². The van der Waals surface area contributed by atoms with E-state index < -0.39 is 23.9 Å². The molecule has 2 saturated heterocycles. The molecule has 2 aliphatic rings. The average Bonchev–Trinajstić information content (AvgIpc) is 3.57. The smallest absolute Gasteiger partial charge is 0.416 e. The third kappa shape index (κ3) is 8.03. The maximum absolute atomic E-state index is 14.0. The van der Waals surface area contributed by atoms with Crippen LogP contribution < -0.4 is 25.6 Å². The highest BCUT2D eigenvalue weighted by molar-refractivity contribution is 5.94. The second-order valence-electron chi connectivity index (χ2n) is 11.7. The first-order chi connectivity index (χ1) is 22.6. The number of halogens is 3. The molecule has 3 N–H and O–H groups in total. The number of nitrogens with zero attached hydrogens (tertiary/aromatic N) is 3. The van der Waals surface area contributed by atoms with Gasteiger partial charge in [-0.15, -0.1) is 0 Å². The summed E-state index contributed by atoms with van der Waals surface area (Å²) in [6.07, 6.45) is -4.82. The molecule has 2 aliphatic heterocycles. The lowest BCUT2D eigenvalue weighted by molar-refractivity contribution is -0.137. The average molecular weight is 651 g/mol. The number of aromatic nitrogens is 2. The Balaban J connectivity index is 1.29. The number of aryl methyl sites for hydroxylation is 1. The van der Waals surface area contributed by atoms with Crippen molar-refractivity contribution in [2.24, 2.45) is 0 Å². The van der Waals surface area contributed by atoms with Crippen LogP contribution in [0.3, 0.4) is 0 Å². The van der Waals surface area contributed by atoms with Crippen molar-refractivity contribution in [3.05, 3.63) is 83.2 Å². The van der Waals surface area contributed by atoms with Crippen LogP contribution in [0.15, 0.2) is 60.7 Å². The molecule has 3 aromatic carbocycles. The zero-order chi connectivity index (χ0) is 33.0. The number of anilines is 3. The molecule has 3 heterocycles. The van der Waals surface area contributed by atoms with E-state index in [4.69, 9.17) is 19.2 Å². The molecule has 4 aromatic rings. The predicted octanol–water partition coefficient (Wildman–Crippen LogP) is 6.46. The highest BCUT2D eigenvalue weighted by Gasteiger charge is 2.32. The van der Waals surface area contributed by atoms with Gasteiger partial charge in [-0.25, -0.2) is 14.8 Å². The first-order valence-electron chi connectivity index (χ1n) is 15.6. The molecule has 0 bridgehead atoms. The van der Waals surface area contributed by atoms with Crippen LogP contribution in [-0.4, -0.2) is 61.6 Å². The number of benzene rings is 3. The molecule has 6 rings (SSSR count). The fraction of sp³-hybridized carbons (Fsp3) is 0.382. The van der Waals surface area contributed by atoms with E-state index >= 15 is 0 Å². The van der Waals surface area contributed by atoms with Gasteiger partial charge >= 0.3 is 12.3 Å². The van der Waals surface area contributed by atoms with E-state index in [0.29, 0.717) is 47.1 Å². The van der Waals surface area contributed by atoms with Crippen LogP contribution in [0.4, 0.5) is 35.2 Å². The molecule has 0 saturated carbocycles. The first-order valence-corrected chi connectivity index (χ1v) is 15.6. The number of carbonyl (C=O) groups excluding carboxylic acids is 1. The molecule has 47 heavy (non-hydrogen) atoms. The number of rotatable bonds is 9. The van der Waals surface area contributed by atoms with E-state index in [1.165, 1.54) is 6.07 Å². The number of carbonyl (C=O) groups is 1. The van der Waals surface area contributed by atoms with Crippen LogP contribution >= 0.6 is 0 Å². The van der Waals surface area contributed by atoms with E-state index in [0.717, 1.165) is 56.0 Å². The van der Waals surface area contributed by atoms with Gasteiger partial charge in [-0.05, 0) is 55.3 Å². The summed E-state index contributed by atoms with van der Waals surface area (Å²) in [5.74, 6) is 1.63. The molecule has 1 aromatic heterocycles. The topological polar surface area (TPSA) is 110 Å². The Kier molecular flexibility index (Phi) is 9.64. The van der Waals surface area contributed by atoms with Crippen molar-refractivity contribution in [3.63, 3.8) is 0 Å². The van der Waals surface area contributed by atoms with Gasteiger partial charge in [-0.3, -0.25) is 5.32 Å². The molecule has 13 heteroatoms. The summed E-state index contributed by atoms with van der Waals surface area (Å²) in [5.41, 5.74) is 1.71. The van der Waals surface area contributed by atoms with Crippen molar-refractivity contribution < 1.29 is 32.2 Å². The van der Waals surface area contributed by atoms with E-state index in [1.54, 1.807) is 38.1 Å². The monoisotopic (exact) mass is 650 g/mol. The van der Waals surface area contributed by atoms with Crippen molar-refractivity contribution in [1.82, 2.24) is 15.3 Å². The number of hydrogen-bond acceptors (Lipinski definition) is 9. The highest BCUT2D eigenvalue weighted by Crippen LogP contribution is 2.38. The van der Waals surface area contributed by atoms with Gasteiger partial charge in [0, 0.05) is 43.7 Å². The maximum atomic E-state index is 14.0. The summed E-state index contributed by atoms with van der Waals surface area (Å²) in [6, 6.07) is 15.7. The van der Waals surface area contributed by atoms with E-state index in [2.05, 4.69) is 25.8 Å². The van der Waals surface area contributed by atoms with E-state index in [1.807, 2.05) is 18.2 Å². The summed E-state index contributed by atoms with van der Waals surface area (Å²) in [4.78, 5) is 24.1. The molecule has 2 fully saturated rings. The quantitative estimate of drug-likeness (QED) is 0.188. The van der Waals surface area contributed by atoms with Crippen molar-refractivity contribution >= 4 is 34.2 Å². The first kappa shape index (κ1) is 32.3. The molecule has 0 spiro atoms. The predicted molar refractivity (Wildman–Crippen MR) is 173 cm³/mol. The molecule has 1 amide bonds. The Bertz CT molecular complexity index is 1710. The van der Waals surface area contributed by atoms with E-state index in [9.17, 15) is 18.0 Å². The Hall–Kier alpha value is -4.62. The van der Waals surface area contributed by atoms with Gasteiger partial charge < -0.3 is 29.7 Å². The summed E-state index contributed by atoms with van der Waals surface area (Å²) >= 11 is 0. The fourth-order valence-electron chi connectivity index (χ4n) is 5.71.